The highest BCUT2D eigenvalue weighted by Gasteiger charge is 2.17. The van der Waals surface area contributed by atoms with Gasteiger partial charge in [0, 0.05) is 0 Å². The minimum Gasteiger partial charge on any atom is -0.494 e. The monoisotopic (exact) mass is 292 g/mol. The van der Waals surface area contributed by atoms with Crippen LogP contribution in [-0.2, 0) is 4.79 Å². The van der Waals surface area contributed by atoms with Gasteiger partial charge in [0.1, 0.15) is 11.3 Å². The zero-order chi connectivity index (χ0) is 14.7. The summed E-state index contributed by atoms with van der Waals surface area (Å²) in [4.78, 5) is 15.3. The summed E-state index contributed by atoms with van der Waals surface area (Å²) in [6, 6.07) is 5.68. The van der Waals surface area contributed by atoms with Crippen molar-refractivity contribution in [2.24, 2.45) is 0 Å². The molecule has 2 aromatic rings. The Bertz CT molecular complexity index is 651. The van der Waals surface area contributed by atoms with Crippen molar-refractivity contribution in [1.29, 1.82) is 0 Å². The van der Waals surface area contributed by atoms with Crippen molar-refractivity contribution in [3.8, 4) is 5.75 Å². The molecule has 1 aromatic carbocycles. The second-order valence-corrected chi connectivity index (χ2v) is 5.19. The Hall–Kier alpha value is -1.95. The van der Waals surface area contributed by atoms with Crippen LogP contribution in [0.15, 0.2) is 36.0 Å². The van der Waals surface area contributed by atoms with Gasteiger partial charge in [-0.15, -0.1) is 6.58 Å². The SMILES string of the molecule is C=CC(C)n1c(SCC(=O)O)nc2c(OC)cccc21. The van der Waals surface area contributed by atoms with E-state index in [0.717, 1.165) is 11.0 Å². The molecule has 0 aliphatic carbocycles. The zero-order valence-electron chi connectivity index (χ0n) is 11.4. The van der Waals surface area contributed by atoms with Gasteiger partial charge >= 0.3 is 5.97 Å². The third-order valence-electron chi connectivity index (χ3n) is 2.94. The molecule has 1 aromatic heterocycles. The van der Waals surface area contributed by atoms with Crippen LogP contribution in [0.2, 0.25) is 0 Å². The maximum Gasteiger partial charge on any atom is 0.313 e. The Morgan fingerprint density at radius 2 is 2.40 bits per heavy atom. The summed E-state index contributed by atoms with van der Waals surface area (Å²) in [6.07, 6.45) is 1.80. The van der Waals surface area contributed by atoms with Gasteiger partial charge in [-0.25, -0.2) is 4.98 Å². The average molecular weight is 292 g/mol. The molecule has 0 radical (unpaired) electrons. The van der Waals surface area contributed by atoms with Crippen LogP contribution in [-0.4, -0.2) is 33.5 Å². The number of ether oxygens (including phenoxy) is 1. The highest BCUT2D eigenvalue weighted by molar-refractivity contribution is 7.99. The van der Waals surface area contributed by atoms with Crippen LogP contribution < -0.4 is 4.74 Å². The van der Waals surface area contributed by atoms with Crippen molar-refractivity contribution in [2.75, 3.05) is 12.9 Å². The molecule has 5 nitrogen and oxygen atoms in total. The first-order valence-electron chi connectivity index (χ1n) is 6.10. The van der Waals surface area contributed by atoms with E-state index in [4.69, 9.17) is 9.84 Å². The summed E-state index contributed by atoms with van der Waals surface area (Å²) in [5.74, 6) is -0.225. The standard InChI is InChI=1S/C14H16N2O3S/c1-4-9(2)16-10-6-5-7-11(19-3)13(10)15-14(16)20-8-12(17)18/h4-7,9H,1,8H2,2-3H3,(H,17,18). The quantitative estimate of drug-likeness (QED) is 0.655. The molecule has 0 bridgehead atoms. The molecule has 0 aliphatic heterocycles. The van der Waals surface area contributed by atoms with Crippen LogP contribution in [0.1, 0.15) is 13.0 Å². The van der Waals surface area contributed by atoms with Crippen LogP contribution in [0, 0.1) is 0 Å². The number of carboxylic acid groups (broad SMARTS) is 1. The van der Waals surface area contributed by atoms with Gasteiger partial charge in [-0.3, -0.25) is 4.79 Å². The van der Waals surface area contributed by atoms with E-state index in [1.54, 1.807) is 13.2 Å². The fourth-order valence-corrected chi connectivity index (χ4v) is 2.77. The molecular formula is C14H16N2O3S. The summed E-state index contributed by atoms with van der Waals surface area (Å²) in [7, 11) is 1.59. The molecule has 0 fully saturated rings. The molecule has 2 rings (SSSR count). The van der Waals surface area contributed by atoms with Crippen LogP contribution >= 0.6 is 11.8 Å². The van der Waals surface area contributed by atoms with E-state index in [1.165, 1.54) is 11.8 Å². The van der Waals surface area contributed by atoms with Crippen LogP contribution in [0.3, 0.4) is 0 Å². The van der Waals surface area contributed by atoms with Crippen molar-refractivity contribution in [3.05, 3.63) is 30.9 Å². The number of hydrogen-bond donors (Lipinski definition) is 1. The van der Waals surface area contributed by atoms with Gasteiger partial charge in [0.15, 0.2) is 5.16 Å². The Morgan fingerprint density at radius 3 is 3.00 bits per heavy atom. The third kappa shape index (κ3) is 2.65. The molecular weight excluding hydrogens is 276 g/mol. The minimum atomic E-state index is -0.869. The highest BCUT2D eigenvalue weighted by atomic mass is 32.2. The van der Waals surface area contributed by atoms with E-state index in [9.17, 15) is 4.79 Å². The molecule has 0 saturated heterocycles. The van der Waals surface area contributed by atoms with E-state index >= 15 is 0 Å². The molecule has 1 unspecified atom stereocenters. The molecule has 1 atom stereocenters. The second kappa shape index (κ2) is 6.00. The van der Waals surface area contributed by atoms with Crippen molar-refractivity contribution >= 4 is 28.8 Å². The fourth-order valence-electron chi connectivity index (χ4n) is 1.96. The second-order valence-electron chi connectivity index (χ2n) is 4.25. The number of benzene rings is 1. The lowest BCUT2D eigenvalue weighted by Gasteiger charge is -2.13. The van der Waals surface area contributed by atoms with Crippen molar-refractivity contribution in [2.45, 2.75) is 18.1 Å². The summed E-state index contributed by atoms with van der Waals surface area (Å²) < 4.78 is 7.28. The Balaban J connectivity index is 2.59. The van der Waals surface area contributed by atoms with E-state index in [-0.39, 0.29) is 11.8 Å². The van der Waals surface area contributed by atoms with Crippen LogP contribution in [0.4, 0.5) is 0 Å². The van der Waals surface area contributed by atoms with E-state index in [2.05, 4.69) is 11.6 Å². The van der Waals surface area contributed by atoms with Gasteiger partial charge in [0.25, 0.3) is 0 Å². The van der Waals surface area contributed by atoms with Gasteiger partial charge in [-0.2, -0.15) is 0 Å². The number of rotatable bonds is 6. The largest absolute Gasteiger partial charge is 0.494 e. The first-order valence-corrected chi connectivity index (χ1v) is 7.09. The molecule has 0 saturated carbocycles. The van der Waals surface area contributed by atoms with E-state index < -0.39 is 5.97 Å². The molecule has 1 N–H and O–H groups in total. The van der Waals surface area contributed by atoms with Crippen molar-refractivity contribution in [1.82, 2.24) is 9.55 Å². The van der Waals surface area contributed by atoms with Gasteiger partial charge in [-0.1, -0.05) is 23.9 Å². The Labute approximate surface area is 121 Å². The first-order chi connectivity index (χ1) is 9.58. The number of carbonyl (C=O) groups is 1. The van der Waals surface area contributed by atoms with Gasteiger partial charge in [-0.05, 0) is 19.1 Å². The summed E-state index contributed by atoms with van der Waals surface area (Å²) in [6.45, 7) is 5.78. The number of imidazole rings is 1. The number of nitrogens with zero attached hydrogens (tertiary/aromatic N) is 2. The lowest BCUT2D eigenvalue weighted by Crippen LogP contribution is -2.05. The molecule has 20 heavy (non-hydrogen) atoms. The maximum absolute atomic E-state index is 10.8. The summed E-state index contributed by atoms with van der Waals surface area (Å²) >= 11 is 1.19. The predicted octanol–water partition coefficient (Wildman–Crippen LogP) is 2.97. The number of thioether (sulfide) groups is 1. The lowest BCUT2D eigenvalue weighted by molar-refractivity contribution is -0.133. The Kier molecular flexibility index (Phi) is 4.34. The number of allylic oxidation sites excluding steroid dienone is 1. The van der Waals surface area contributed by atoms with Crippen LogP contribution in [0.5, 0.6) is 5.75 Å². The molecule has 0 spiro atoms. The van der Waals surface area contributed by atoms with E-state index in [0.29, 0.717) is 10.9 Å². The van der Waals surface area contributed by atoms with Crippen molar-refractivity contribution < 1.29 is 14.6 Å². The minimum absolute atomic E-state index is 0.0170. The van der Waals surface area contributed by atoms with Crippen molar-refractivity contribution in [3.63, 3.8) is 0 Å². The molecule has 1 heterocycles. The zero-order valence-corrected chi connectivity index (χ0v) is 12.2. The molecule has 0 aliphatic rings. The highest BCUT2D eigenvalue weighted by Crippen LogP contribution is 2.32. The van der Waals surface area contributed by atoms with Gasteiger partial charge in [0.2, 0.25) is 0 Å². The van der Waals surface area contributed by atoms with E-state index in [1.807, 2.05) is 29.7 Å². The molecule has 6 heteroatoms. The number of methoxy groups -OCH3 is 1. The van der Waals surface area contributed by atoms with Gasteiger partial charge in [0.05, 0.1) is 24.4 Å². The third-order valence-corrected chi connectivity index (χ3v) is 3.88. The number of carboxylic acids is 1. The fraction of sp³-hybridized carbons (Fsp3) is 0.286. The molecule has 0 amide bonds. The topological polar surface area (TPSA) is 64.4 Å². The average Bonchev–Trinajstić information content (AvgIpc) is 2.82. The number of aliphatic carboxylic acids is 1. The Morgan fingerprint density at radius 1 is 1.65 bits per heavy atom. The first kappa shape index (κ1) is 14.5. The molecule has 106 valence electrons. The van der Waals surface area contributed by atoms with Gasteiger partial charge < -0.3 is 14.4 Å². The summed E-state index contributed by atoms with van der Waals surface area (Å²) in [5.41, 5.74) is 1.64. The lowest BCUT2D eigenvalue weighted by atomic mass is 10.2. The number of aromatic nitrogens is 2. The number of fused-ring (bicyclic) bond motifs is 1. The number of para-hydroxylation sites is 1. The normalized spacial score (nSPS) is 12.3. The smallest absolute Gasteiger partial charge is 0.313 e. The maximum atomic E-state index is 10.8. The van der Waals surface area contributed by atoms with Crippen LogP contribution in [0.25, 0.3) is 11.0 Å². The summed E-state index contributed by atoms with van der Waals surface area (Å²) in [5, 5.41) is 9.49. The number of hydrogen-bond acceptors (Lipinski definition) is 4. The predicted molar refractivity (Wildman–Crippen MR) is 79.6 cm³/mol.